The highest BCUT2D eigenvalue weighted by Crippen LogP contribution is 2.28. The quantitative estimate of drug-likeness (QED) is 0.616. The van der Waals surface area contributed by atoms with E-state index in [0.717, 1.165) is 10.4 Å². The van der Waals surface area contributed by atoms with Crippen molar-refractivity contribution in [2.75, 3.05) is 7.11 Å². The molecule has 0 saturated carbocycles. The number of hydrogen-bond donors (Lipinski definition) is 1. The third-order valence-corrected chi connectivity index (χ3v) is 5.16. The standard InChI is InChI=1S/C19H17ClN2O4S/c1-11-17(22-19(27-11)15-4-3-9-26-15)18(24)21-14(10-16(23)25-2)12-5-7-13(20)8-6-12/h3-9,14H,10H2,1-2H3,(H,21,24). The lowest BCUT2D eigenvalue weighted by Crippen LogP contribution is -2.31. The van der Waals surface area contributed by atoms with Crippen molar-refractivity contribution in [3.8, 4) is 10.8 Å². The number of methoxy groups -OCH3 is 1. The van der Waals surface area contributed by atoms with Crippen molar-refractivity contribution in [2.24, 2.45) is 0 Å². The molecule has 0 radical (unpaired) electrons. The number of aryl methyl sites for hydroxylation is 1. The van der Waals surface area contributed by atoms with Crippen LogP contribution >= 0.6 is 22.9 Å². The highest BCUT2D eigenvalue weighted by atomic mass is 35.5. The van der Waals surface area contributed by atoms with Crippen LogP contribution < -0.4 is 5.32 Å². The molecule has 0 aliphatic heterocycles. The van der Waals surface area contributed by atoms with Crippen molar-refractivity contribution in [1.29, 1.82) is 0 Å². The number of esters is 1. The summed E-state index contributed by atoms with van der Waals surface area (Å²) in [6.45, 7) is 1.82. The zero-order valence-electron chi connectivity index (χ0n) is 14.7. The van der Waals surface area contributed by atoms with Crippen LogP contribution in [0.15, 0.2) is 47.1 Å². The molecule has 1 unspecified atom stereocenters. The summed E-state index contributed by atoms with van der Waals surface area (Å²) in [5.74, 6) is -0.196. The molecule has 0 aliphatic rings. The van der Waals surface area contributed by atoms with Gasteiger partial charge in [0.15, 0.2) is 10.8 Å². The second-order valence-electron chi connectivity index (χ2n) is 5.76. The topological polar surface area (TPSA) is 81.4 Å². The lowest BCUT2D eigenvalue weighted by atomic mass is 10.0. The van der Waals surface area contributed by atoms with Crippen molar-refractivity contribution in [3.05, 3.63) is 63.8 Å². The van der Waals surface area contributed by atoms with E-state index in [9.17, 15) is 9.59 Å². The van der Waals surface area contributed by atoms with E-state index in [4.69, 9.17) is 20.8 Å². The van der Waals surface area contributed by atoms with E-state index in [1.807, 2.05) is 6.92 Å². The Morgan fingerprint density at radius 3 is 2.67 bits per heavy atom. The van der Waals surface area contributed by atoms with Gasteiger partial charge in [-0.25, -0.2) is 4.98 Å². The third kappa shape index (κ3) is 4.56. The first kappa shape index (κ1) is 19.1. The maximum Gasteiger partial charge on any atom is 0.307 e. The van der Waals surface area contributed by atoms with Crippen molar-refractivity contribution in [1.82, 2.24) is 10.3 Å². The molecule has 2 heterocycles. The number of carbonyl (C=O) groups is 2. The van der Waals surface area contributed by atoms with E-state index >= 15 is 0 Å². The molecule has 3 rings (SSSR count). The van der Waals surface area contributed by atoms with Gasteiger partial charge >= 0.3 is 5.97 Å². The number of ether oxygens (including phenoxy) is 1. The molecular weight excluding hydrogens is 388 g/mol. The summed E-state index contributed by atoms with van der Waals surface area (Å²) in [6.07, 6.45) is 1.55. The van der Waals surface area contributed by atoms with E-state index in [2.05, 4.69) is 10.3 Å². The predicted molar refractivity (Wildman–Crippen MR) is 103 cm³/mol. The van der Waals surface area contributed by atoms with Crippen LogP contribution in [0.3, 0.4) is 0 Å². The number of benzene rings is 1. The molecule has 140 valence electrons. The number of nitrogens with zero attached hydrogens (tertiary/aromatic N) is 1. The molecule has 6 nitrogen and oxygen atoms in total. The number of hydrogen-bond acceptors (Lipinski definition) is 6. The molecule has 0 spiro atoms. The van der Waals surface area contributed by atoms with Crippen LogP contribution in [0.1, 0.15) is 33.4 Å². The highest BCUT2D eigenvalue weighted by molar-refractivity contribution is 7.15. The molecule has 0 bridgehead atoms. The molecule has 0 aliphatic carbocycles. The summed E-state index contributed by atoms with van der Waals surface area (Å²) in [4.78, 5) is 29.7. The van der Waals surface area contributed by atoms with Gasteiger partial charge in [-0.3, -0.25) is 9.59 Å². The van der Waals surface area contributed by atoms with Crippen LogP contribution in [-0.4, -0.2) is 24.0 Å². The zero-order chi connectivity index (χ0) is 19.4. The van der Waals surface area contributed by atoms with Crippen LogP contribution in [0.25, 0.3) is 10.8 Å². The van der Waals surface area contributed by atoms with Gasteiger partial charge in [0.1, 0.15) is 5.69 Å². The van der Waals surface area contributed by atoms with Gasteiger partial charge < -0.3 is 14.5 Å². The van der Waals surface area contributed by atoms with Crippen molar-refractivity contribution >= 4 is 34.8 Å². The zero-order valence-corrected chi connectivity index (χ0v) is 16.3. The van der Waals surface area contributed by atoms with Gasteiger partial charge in [-0.05, 0) is 36.8 Å². The van der Waals surface area contributed by atoms with Crippen LogP contribution in [0, 0.1) is 6.92 Å². The molecule has 2 aromatic heterocycles. The molecule has 1 atom stereocenters. The first-order valence-electron chi connectivity index (χ1n) is 8.12. The van der Waals surface area contributed by atoms with Crippen LogP contribution in [0.2, 0.25) is 5.02 Å². The van der Waals surface area contributed by atoms with Gasteiger partial charge in [-0.1, -0.05) is 23.7 Å². The molecular formula is C19H17ClN2O4S. The number of halogens is 1. The second-order valence-corrected chi connectivity index (χ2v) is 7.40. The first-order chi connectivity index (χ1) is 13.0. The summed E-state index contributed by atoms with van der Waals surface area (Å²) >= 11 is 7.30. The Bertz CT molecular complexity index is 935. The fourth-order valence-electron chi connectivity index (χ4n) is 2.54. The Labute approximate surface area is 165 Å². The molecule has 3 aromatic rings. The van der Waals surface area contributed by atoms with Crippen LogP contribution in [-0.2, 0) is 9.53 Å². The first-order valence-corrected chi connectivity index (χ1v) is 9.32. The van der Waals surface area contributed by atoms with Crippen molar-refractivity contribution < 1.29 is 18.7 Å². The minimum atomic E-state index is -0.560. The van der Waals surface area contributed by atoms with Crippen LogP contribution in [0.5, 0.6) is 0 Å². The lowest BCUT2D eigenvalue weighted by Gasteiger charge is -2.18. The SMILES string of the molecule is COC(=O)CC(NC(=O)c1nc(-c2ccco2)sc1C)c1ccc(Cl)cc1. The normalized spacial score (nSPS) is 11.8. The Kier molecular flexibility index (Phi) is 5.93. The van der Waals surface area contributed by atoms with Crippen molar-refractivity contribution in [2.45, 2.75) is 19.4 Å². The summed E-state index contributed by atoms with van der Waals surface area (Å²) in [5.41, 5.74) is 1.05. The Hall–Kier alpha value is -2.64. The number of amides is 1. The highest BCUT2D eigenvalue weighted by Gasteiger charge is 2.23. The van der Waals surface area contributed by atoms with E-state index in [1.165, 1.54) is 18.4 Å². The molecule has 1 aromatic carbocycles. The predicted octanol–water partition coefficient (Wildman–Crippen LogP) is 4.40. The fourth-order valence-corrected chi connectivity index (χ4v) is 3.54. The third-order valence-electron chi connectivity index (χ3n) is 3.92. The summed E-state index contributed by atoms with van der Waals surface area (Å²) in [7, 11) is 1.31. The van der Waals surface area contributed by atoms with E-state index in [-0.39, 0.29) is 12.3 Å². The average molecular weight is 405 g/mol. The van der Waals surface area contributed by atoms with Gasteiger partial charge in [-0.2, -0.15) is 0 Å². The average Bonchev–Trinajstić information content (AvgIpc) is 3.31. The smallest absolute Gasteiger partial charge is 0.307 e. The van der Waals surface area contributed by atoms with Gasteiger partial charge in [0.2, 0.25) is 0 Å². The number of furan rings is 1. The number of thiazole rings is 1. The summed E-state index contributed by atoms with van der Waals surface area (Å²) in [5, 5.41) is 4.06. The Morgan fingerprint density at radius 2 is 2.04 bits per heavy atom. The number of aromatic nitrogens is 1. The molecule has 1 amide bonds. The maximum absolute atomic E-state index is 12.8. The van der Waals surface area contributed by atoms with Gasteiger partial charge in [0.25, 0.3) is 5.91 Å². The Morgan fingerprint density at radius 1 is 1.30 bits per heavy atom. The number of nitrogens with one attached hydrogen (secondary N) is 1. The maximum atomic E-state index is 12.8. The summed E-state index contributed by atoms with van der Waals surface area (Å²) in [6, 6.07) is 9.92. The Balaban J connectivity index is 1.83. The molecule has 0 fully saturated rings. The minimum Gasteiger partial charge on any atom is -0.469 e. The number of rotatable bonds is 6. The monoisotopic (exact) mass is 404 g/mol. The van der Waals surface area contributed by atoms with E-state index in [0.29, 0.717) is 21.5 Å². The van der Waals surface area contributed by atoms with E-state index in [1.54, 1.807) is 42.7 Å². The number of carbonyl (C=O) groups excluding carboxylic acids is 2. The van der Waals surface area contributed by atoms with E-state index < -0.39 is 12.0 Å². The van der Waals surface area contributed by atoms with Gasteiger partial charge in [-0.15, -0.1) is 11.3 Å². The molecule has 1 N–H and O–H groups in total. The molecule has 0 saturated heterocycles. The largest absolute Gasteiger partial charge is 0.469 e. The summed E-state index contributed by atoms with van der Waals surface area (Å²) < 4.78 is 10.1. The lowest BCUT2D eigenvalue weighted by molar-refractivity contribution is -0.141. The molecule has 8 heteroatoms. The van der Waals surface area contributed by atoms with Gasteiger partial charge in [0.05, 0.1) is 25.8 Å². The molecule has 27 heavy (non-hydrogen) atoms. The fraction of sp³-hybridized carbons (Fsp3) is 0.211. The van der Waals surface area contributed by atoms with Crippen molar-refractivity contribution in [3.63, 3.8) is 0 Å². The second kappa shape index (κ2) is 8.37. The minimum absolute atomic E-state index is 0.00189. The van der Waals surface area contributed by atoms with Gasteiger partial charge in [0, 0.05) is 9.90 Å². The van der Waals surface area contributed by atoms with Crippen LogP contribution in [0.4, 0.5) is 0 Å².